The fourth-order valence-corrected chi connectivity index (χ4v) is 2.28. The molecule has 0 bridgehead atoms. The number of aromatic nitrogens is 3. The Morgan fingerprint density at radius 2 is 1.86 bits per heavy atom. The van der Waals surface area contributed by atoms with Crippen molar-refractivity contribution in [2.75, 3.05) is 0 Å². The molecular formula is C15H12F3N3O. The van der Waals surface area contributed by atoms with Crippen molar-refractivity contribution in [1.29, 1.82) is 0 Å². The number of rotatable bonds is 3. The molecule has 0 amide bonds. The summed E-state index contributed by atoms with van der Waals surface area (Å²) >= 11 is 0. The van der Waals surface area contributed by atoms with E-state index in [0.717, 1.165) is 22.5 Å². The van der Waals surface area contributed by atoms with Crippen LogP contribution < -0.4 is 4.74 Å². The third-order valence-electron chi connectivity index (χ3n) is 3.14. The van der Waals surface area contributed by atoms with Gasteiger partial charge in [-0.2, -0.15) is 5.10 Å². The molecule has 0 saturated heterocycles. The molecule has 0 aliphatic carbocycles. The van der Waals surface area contributed by atoms with Crippen LogP contribution in [0.15, 0.2) is 42.7 Å². The molecule has 22 heavy (non-hydrogen) atoms. The van der Waals surface area contributed by atoms with E-state index >= 15 is 0 Å². The number of hydrogen-bond donors (Lipinski definition) is 0. The molecule has 1 aromatic carbocycles. The second kappa shape index (κ2) is 5.32. The second-order valence-electron chi connectivity index (χ2n) is 4.92. The van der Waals surface area contributed by atoms with Gasteiger partial charge in [0.1, 0.15) is 12.1 Å². The molecule has 114 valence electrons. The van der Waals surface area contributed by atoms with E-state index in [2.05, 4.69) is 14.8 Å². The zero-order valence-corrected chi connectivity index (χ0v) is 11.6. The minimum absolute atomic E-state index is 0.230. The minimum atomic E-state index is -4.68. The molecule has 0 spiro atoms. The van der Waals surface area contributed by atoms with Gasteiger partial charge in [-0.15, -0.1) is 13.2 Å². The van der Waals surface area contributed by atoms with Crippen molar-refractivity contribution in [1.82, 2.24) is 14.6 Å². The molecule has 0 aliphatic heterocycles. The fourth-order valence-electron chi connectivity index (χ4n) is 2.28. The zero-order chi connectivity index (χ0) is 15.7. The monoisotopic (exact) mass is 307 g/mol. The first-order chi connectivity index (χ1) is 10.4. The summed E-state index contributed by atoms with van der Waals surface area (Å²) in [4.78, 5) is 4.14. The predicted octanol–water partition coefficient (Wildman–Crippen LogP) is 3.53. The highest BCUT2D eigenvalue weighted by molar-refractivity contribution is 5.43. The van der Waals surface area contributed by atoms with Crippen LogP contribution in [0.1, 0.15) is 16.8 Å². The highest BCUT2D eigenvalue weighted by atomic mass is 19.4. The molecule has 0 N–H and O–H groups in total. The van der Waals surface area contributed by atoms with Crippen molar-refractivity contribution in [3.8, 4) is 5.75 Å². The fraction of sp³-hybridized carbons (Fsp3) is 0.200. The van der Waals surface area contributed by atoms with Gasteiger partial charge in [0.05, 0.1) is 0 Å². The van der Waals surface area contributed by atoms with Gasteiger partial charge in [0.2, 0.25) is 0 Å². The second-order valence-corrected chi connectivity index (χ2v) is 4.92. The summed E-state index contributed by atoms with van der Waals surface area (Å²) in [5, 5.41) is 4.15. The first-order valence-electron chi connectivity index (χ1n) is 6.55. The van der Waals surface area contributed by atoms with Crippen LogP contribution in [0, 0.1) is 6.92 Å². The van der Waals surface area contributed by atoms with E-state index in [1.54, 1.807) is 16.6 Å². The van der Waals surface area contributed by atoms with Crippen LogP contribution in [0.3, 0.4) is 0 Å². The van der Waals surface area contributed by atoms with Gasteiger partial charge in [0.25, 0.3) is 0 Å². The molecule has 0 radical (unpaired) electrons. The van der Waals surface area contributed by atoms with Crippen molar-refractivity contribution >= 4 is 5.65 Å². The number of aryl methyl sites for hydroxylation is 1. The maximum absolute atomic E-state index is 12.1. The van der Waals surface area contributed by atoms with E-state index in [4.69, 9.17) is 0 Å². The van der Waals surface area contributed by atoms with Crippen LogP contribution in [0.25, 0.3) is 5.65 Å². The lowest BCUT2D eigenvalue weighted by Gasteiger charge is -2.10. The third-order valence-corrected chi connectivity index (χ3v) is 3.14. The molecule has 0 fully saturated rings. The van der Waals surface area contributed by atoms with E-state index in [-0.39, 0.29) is 5.75 Å². The average molecular weight is 307 g/mol. The zero-order valence-electron chi connectivity index (χ0n) is 11.6. The van der Waals surface area contributed by atoms with Gasteiger partial charge in [0, 0.05) is 12.1 Å². The molecular weight excluding hydrogens is 295 g/mol. The van der Waals surface area contributed by atoms with Crippen molar-refractivity contribution in [2.45, 2.75) is 19.7 Å². The molecule has 2 aromatic heterocycles. The van der Waals surface area contributed by atoms with E-state index in [0.29, 0.717) is 6.42 Å². The lowest BCUT2D eigenvalue weighted by Crippen LogP contribution is -2.17. The SMILES string of the molecule is Cc1cc(Cc2ccc(OC(F)(F)F)cc2)n2ncnc2c1. The van der Waals surface area contributed by atoms with E-state index < -0.39 is 6.36 Å². The van der Waals surface area contributed by atoms with Gasteiger partial charge in [-0.3, -0.25) is 0 Å². The number of pyridine rings is 1. The summed E-state index contributed by atoms with van der Waals surface area (Å²) in [5.41, 5.74) is 3.56. The Balaban J connectivity index is 1.84. The van der Waals surface area contributed by atoms with Gasteiger partial charge in [-0.05, 0) is 42.3 Å². The molecule has 3 aromatic rings. The summed E-state index contributed by atoms with van der Waals surface area (Å²) in [7, 11) is 0. The van der Waals surface area contributed by atoms with Gasteiger partial charge < -0.3 is 4.74 Å². The summed E-state index contributed by atoms with van der Waals surface area (Å²) in [6.07, 6.45) is -2.67. The van der Waals surface area contributed by atoms with Crippen LogP contribution in [-0.4, -0.2) is 21.0 Å². The maximum atomic E-state index is 12.1. The van der Waals surface area contributed by atoms with Crippen LogP contribution in [0.5, 0.6) is 5.75 Å². The lowest BCUT2D eigenvalue weighted by atomic mass is 10.1. The summed E-state index contributed by atoms with van der Waals surface area (Å²) in [6, 6.07) is 9.70. The average Bonchev–Trinajstić information content (AvgIpc) is 2.87. The smallest absolute Gasteiger partial charge is 0.406 e. The van der Waals surface area contributed by atoms with Crippen LogP contribution in [-0.2, 0) is 6.42 Å². The Hall–Kier alpha value is -2.57. The highest BCUT2D eigenvalue weighted by Gasteiger charge is 2.30. The number of alkyl halides is 3. The maximum Gasteiger partial charge on any atom is 0.573 e. The van der Waals surface area contributed by atoms with Gasteiger partial charge in [-0.25, -0.2) is 9.50 Å². The third kappa shape index (κ3) is 3.19. The van der Waals surface area contributed by atoms with E-state index in [9.17, 15) is 13.2 Å². The first kappa shape index (κ1) is 14.4. The number of nitrogens with zero attached hydrogens (tertiary/aromatic N) is 3. The normalized spacial score (nSPS) is 11.8. The van der Waals surface area contributed by atoms with E-state index in [1.165, 1.54) is 18.5 Å². The Labute approximate surface area is 124 Å². The van der Waals surface area contributed by atoms with Gasteiger partial charge in [0.15, 0.2) is 5.65 Å². The Bertz CT molecular complexity index is 794. The number of benzene rings is 1. The highest BCUT2D eigenvalue weighted by Crippen LogP contribution is 2.23. The van der Waals surface area contributed by atoms with Gasteiger partial charge >= 0.3 is 6.36 Å². The molecule has 3 rings (SSSR count). The lowest BCUT2D eigenvalue weighted by molar-refractivity contribution is -0.274. The predicted molar refractivity (Wildman–Crippen MR) is 73.7 cm³/mol. The summed E-state index contributed by atoms with van der Waals surface area (Å²) < 4.78 is 42.0. The van der Waals surface area contributed by atoms with Crippen LogP contribution in [0.4, 0.5) is 13.2 Å². The van der Waals surface area contributed by atoms with Crippen molar-refractivity contribution in [3.05, 3.63) is 59.5 Å². The van der Waals surface area contributed by atoms with Gasteiger partial charge in [-0.1, -0.05) is 12.1 Å². The number of halogens is 3. The van der Waals surface area contributed by atoms with E-state index in [1.807, 2.05) is 19.1 Å². The Morgan fingerprint density at radius 1 is 1.14 bits per heavy atom. The Morgan fingerprint density at radius 3 is 2.55 bits per heavy atom. The number of ether oxygens (including phenoxy) is 1. The molecule has 0 saturated carbocycles. The van der Waals surface area contributed by atoms with Crippen LogP contribution in [0.2, 0.25) is 0 Å². The summed E-state index contributed by atoms with van der Waals surface area (Å²) in [5.74, 6) is -0.230. The molecule has 7 heteroatoms. The Kier molecular flexibility index (Phi) is 3.48. The van der Waals surface area contributed by atoms with Crippen molar-refractivity contribution < 1.29 is 17.9 Å². The topological polar surface area (TPSA) is 39.4 Å². The number of fused-ring (bicyclic) bond motifs is 1. The quantitative estimate of drug-likeness (QED) is 0.743. The van der Waals surface area contributed by atoms with Crippen molar-refractivity contribution in [2.24, 2.45) is 0 Å². The first-order valence-corrected chi connectivity index (χ1v) is 6.55. The molecule has 0 aliphatic rings. The molecule has 0 atom stereocenters. The molecule has 2 heterocycles. The molecule has 0 unspecified atom stereocenters. The van der Waals surface area contributed by atoms with Crippen molar-refractivity contribution in [3.63, 3.8) is 0 Å². The van der Waals surface area contributed by atoms with Crippen LogP contribution >= 0.6 is 0 Å². The largest absolute Gasteiger partial charge is 0.573 e. The molecule has 4 nitrogen and oxygen atoms in total. The standard InChI is InChI=1S/C15H12F3N3O/c1-10-6-12(21-14(7-10)19-9-20-21)8-11-2-4-13(5-3-11)22-15(16,17)18/h2-7,9H,8H2,1H3. The summed E-state index contributed by atoms with van der Waals surface area (Å²) in [6.45, 7) is 1.96. The number of hydrogen-bond acceptors (Lipinski definition) is 3. The minimum Gasteiger partial charge on any atom is -0.406 e.